The summed E-state index contributed by atoms with van der Waals surface area (Å²) in [6.07, 6.45) is 0.448. The summed E-state index contributed by atoms with van der Waals surface area (Å²) in [7, 11) is 0. The van der Waals surface area contributed by atoms with Crippen LogP contribution < -0.4 is 0 Å². The van der Waals surface area contributed by atoms with Crippen LogP contribution in [-0.4, -0.2) is 41.9 Å². The molecule has 0 atom stereocenters. The highest BCUT2D eigenvalue weighted by Crippen LogP contribution is 2.20. The molecule has 5 heteroatoms. The third kappa shape index (κ3) is 4.80. The number of carbonyl (C=O) groups excluding carboxylic acids is 1. The molecular formula is C20H22ClFN2O. The van der Waals surface area contributed by atoms with E-state index in [0.717, 1.165) is 24.2 Å². The molecule has 25 heavy (non-hydrogen) atoms. The fourth-order valence-electron chi connectivity index (χ4n) is 3.04. The summed E-state index contributed by atoms with van der Waals surface area (Å²) in [6, 6.07) is 12.6. The van der Waals surface area contributed by atoms with Crippen molar-refractivity contribution in [2.75, 3.05) is 26.2 Å². The number of halogens is 2. The number of carbonyl (C=O) groups is 1. The normalized spacial score (nSPS) is 15.4. The monoisotopic (exact) mass is 360 g/mol. The maximum atomic E-state index is 13.1. The zero-order valence-corrected chi connectivity index (χ0v) is 15.1. The smallest absolute Gasteiger partial charge is 0.227 e. The maximum Gasteiger partial charge on any atom is 0.227 e. The summed E-state index contributed by atoms with van der Waals surface area (Å²) < 4.78 is 13.1. The first-order valence-electron chi connectivity index (χ1n) is 8.51. The van der Waals surface area contributed by atoms with Gasteiger partial charge in [0, 0.05) is 37.7 Å². The largest absolute Gasteiger partial charge is 0.340 e. The van der Waals surface area contributed by atoms with E-state index in [1.54, 1.807) is 6.07 Å². The lowest BCUT2D eigenvalue weighted by atomic mass is 10.1. The quantitative estimate of drug-likeness (QED) is 0.830. The van der Waals surface area contributed by atoms with Gasteiger partial charge in [0.15, 0.2) is 0 Å². The molecule has 1 fully saturated rings. The van der Waals surface area contributed by atoms with Crippen molar-refractivity contribution >= 4 is 17.5 Å². The molecule has 0 spiro atoms. The molecule has 0 radical (unpaired) electrons. The van der Waals surface area contributed by atoms with E-state index in [4.69, 9.17) is 11.6 Å². The van der Waals surface area contributed by atoms with E-state index in [1.807, 2.05) is 36.1 Å². The molecule has 3 nitrogen and oxygen atoms in total. The first kappa shape index (κ1) is 17.9. The summed E-state index contributed by atoms with van der Waals surface area (Å²) in [5.41, 5.74) is 3.17. The number of nitrogens with zero attached hydrogens (tertiary/aromatic N) is 2. The Bertz CT molecular complexity index is 740. The van der Waals surface area contributed by atoms with Crippen molar-refractivity contribution in [3.63, 3.8) is 0 Å². The van der Waals surface area contributed by atoms with E-state index < -0.39 is 0 Å². The minimum absolute atomic E-state index is 0.170. The number of amides is 1. The molecule has 0 aromatic heterocycles. The highest BCUT2D eigenvalue weighted by molar-refractivity contribution is 6.31. The van der Waals surface area contributed by atoms with Gasteiger partial charge in [-0.25, -0.2) is 4.39 Å². The van der Waals surface area contributed by atoms with Gasteiger partial charge in [-0.05, 0) is 30.2 Å². The van der Waals surface area contributed by atoms with E-state index in [1.165, 1.54) is 17.7 Å². The van der Waals surface area contributed by atoms with E-state index in [-0.39, 0.29) is 11.7 Å². The lowest BCUT2D eigenvalue weighted by Crippen LogP contribution is -2.48. The van der Waals surface area contributed by atoms with Crippen molar-refractivity contribution in [2.45, 2.75) is 19.9 Å². The van der Waals surface area contributed by atoms with Crippen molar-refractivity contribution in [1.29, 1.82) is 0 Å². The Hall–Kier alpha value is -1.91. The molecule has 1 aliphatic heterocycles. The average molecular weight is 361 g/mol. The number of piperazine rings is 1. The van der Waals surface area contributed by atoms with Crippen molar-refractivity contribution in [3.8, 4) is 0 Å². The van der Waals surface area contributed by atoms with E-state index in [2.05, 4.69) is 4.90 Å². The first-order chi connectivity index (χ1) is 12.0. The predicted molar refractivity (Wildman–Crippen MR) is 98.2 cm³/mol. The fourth-order valence-corrected chi connectivity index (χ4v) is 3.27. The van der Waals surface area contributed by atoms with Gasteiger partial charge in [-0.1, -0.05) is 47.5 Å². The molecule has 0 bridgehead atoms. The Kier molecular flexibility index (Phi) is 5.71. The standard InChI is InChI=1S/C20H22ClFN2O/c1-15-2-4-16(5-3-15)12-20(25)24-10-8-23(9-11-24)14-17-6-7-18(22)13-19(17)21/h2-7,13H,8-12,14H2,1H3. The molecule has 1 aliphatic rings. The Labute approximate surface area is 153 Å². The molecule has 0 unspecified atom stereocenters. The van der Waals surface area contributed by atoms with Crippen LogP contribution in [0.3, 0.4) is 0 Å². The molecule has 0 aliphatic carbocycles. The number of hydrogen-bond donors (Lipinski definition) is 0. The highest BCUT2D eigenvalue weighted by atomic mass is 35.5. The third-order valence-electron chi connectivity index (χ3n) is 4.61. The number of rotatable bonds is 4. The minimum Gasteiger partial charge on any atom is -0.340 e. The molecule has 1 heterocycles. The molecule has 1 amide bonds. The van der Waals surface area contributed by atoms with Gasteiger partial charge >= 0.3 is 0 Å². The minimum atomic E-state index is -0.319. The lowest BCUT2D eigenvalue weighted by molar-refractivity contribution is -0.132. The van der Waals surface area contributed by atoms with Gasteiger partial charge in [-0.3, -0.25) is 9.69 Å². The van der Waals surface area contributed by atoms with Gasteiger partial charge in [0.05, 0.1) is 6.42 Å². The molecule has 0 saturated carbocycles. The van der Waals surface area contributed by atoms with Crippen molar-refractivity contribution in [2.24, 2.45) is 0 Å². The maximum absolute atomic E-state index is 13.1. The molecule has 132 valence electrons. The Morgan fingerprint density at radius 2 is 1.76 bits per heavy atom. The van der Waals surface area contributed by atoms with E-state index in [9.17, 15) is 9.18 Å². The second kappa shape index (κ2) is 7.98. The fraction of sp³-hybridized carbons (Fsp3) is 0.350. The topological polar surface area (TPSA) is 23.6 Å². The van der Waals surface area contributed by atoms with Crippen LogP contribution in [0.15, 0.2) is 42.5 Å². The van der Waals surface area contributed by atoms with E-state index >= 15 is 0 Å². The van der Waals surface area contributed by atoms with Gasteiger partial charge in [-0.15, -0.1) is 0 Å². The van der Waals surface area contributed by atoms with Crippen molar-refractivity contribution < 1.29 is 9.18 Å². The summed E-state index contributed by atoms with van der Waals surface area (Å²) in [4.78, 5) is 16.6. The number of aryl methyl sites for hydroxylation is 1. The summed E-state index contributed by atoms with van der Waals surface area (Å²) in [5, 5.41) is 0.456. The van der Waals surface area contributed by atoms with Crippen LogP contribution in [0.5, 0.6) is 0 Å². The van der Waals surface area contributed by atoms with Gasteiger partial charge in [0.1, 0.15) is 5.82 Å². The van der Waals surface area contributed by atoms with Crippen LogP contribution in [0, 0.1) is 12.7 Å². The van der Waals surface area contributed by atoms with E-state index in [0.29, 0.717) is 31.1 Å². The summed E-state index contributed by atoms with van der Waals surface area (Å²) in [6.45, 7) is 5.74. The summed E-state index contributed by atoms with van der Waals surface area (Å²) >= 11 is 6.10. The van der Waals surface area contributed by atoms with Gasteiger partial charge < -0.3 is 4.90 Å². The molecule has 2 aromatic rings. The zero-order valence-electron chi connectivity index (χ0n) is 14.3. The molecule has 2 aromatic carbocycles. The van der Waals surface area contributed by atoms with Crippen LogP contribution in [0.1, 0.15) is 16.7 Å². The Balaban J connectivity index is 1.51. The predicted octanol–water partition coefficient (Wildman–Crippen LogP) is 3.67. The SMILES string of the molecule is Cc1ccc(CC(=O)N2CCN(Cc3ccc(F)cc3Cl)CC2)cc1. The lowest BCUT2D eigenvalue weighted by Gasteiger charge is -2.35. The first-order valence-corrected chi connectivity index (χ1v) is 8.88. The van der Waals surface area contributed by atoms with Crippen molar-refractivity contribution in [3.05, 3.63) is 70.0 Å². The van der Waals surface area contributed by atoms with Crippen LogP contribution in [-0.2, 0) is 17.8 Å². The Morgan fingerprint density at radius 3 is 2.40 bits per heavy atom. The number of hydrogen-bond acceptors (Lipinski definition) is 2. The van der Waals surface area contributed by atoms with Crippen LogP contribution in [0.4, 0.5) is 4.39 Å². The number of benzene rings is 2. The highest BCUT2D eigenvalue weighted by Gasteiger charge is 2.21. The van der Waals surface area contributed by atoms with Gasteiger partial charge in [0.25, 0.3) is 0 Å². The second-order valence-electron chi connectivity index (χ2n) is 6.56. The van der Waals surface area contributed by atoms with Crippen LogP contribution >= 0.6 is 11.6 Å². The molecule has 1 saturated heterocycles. The molecular weight excluding hydrogens is 339 g/mol. The molecule has 3 rings (SSSR count). The van der Waals surface area contributed by atoms with Crippen molar-refractivity contribution in [1.82, 2.24) is 9.80 Å². The average Bonchev–Trinajstić information content (AvgIpc) is 2.60. The zero-order chi connectivity index (χ0) is 17.8. The second-order valence-corrected chi connectivity index (χ2v) is 6.96. The summed E-state index contributed by atoms with van der Waals surface area (Å²) in [5.74, 6) is -0.149. The third-order valence-corrected chi connectivity index (χ3v) is 4.96. The molecule has 0 N–H and O–H groups in total. The van der Waals surface area contributed by atoms with Gasteiger partial charge in [0.2, 0.25) is 5.91 Å². The van der Waals surface area contributed by atoms with Crippen LogP contribution in [0.25, 0.3) is 0 Å². The Morgan fingerprint density at radius 1 is 1.08 bits per heavy atom. The van der Waals surface area contributed by atoms with Crippen LogP contribution in [0.2, 0.25) is 5.02 Å². The van der Waals surface area contributed by atoms with Gasteiger partial charge in [-0.2, -0.15) is 0 Å².